The van der Waals surface area contributed by atoms with Gasteiger partial charge in [-0.25, -0.2) is 0 Å². The van der Waals surface area contributed by atoms with E-state index in [1.165, 1.54) is 11.8 Å². The molecule has 1 aromatic heterocycles. The molecule has 0 radical (unpaired) electrons. The molecule has 0 saturated heterocycles. The molecule has 1 heterocycles. The second-order valence-electron chi connectivity index (χ2n) is 6.22. The van der Waals surface area contributed by atoms with Gasteiger partial charge in [-0.1, -0.05) is 59.2 Å². The van der Waals surface area contributed by atoms with E-state index in [-0.39, 0.29) is 11.7 Å². The van der Waals surface area contributed by atoms with Gasteiger partial charge in [0, 0.05) is 11.6 Å². The molecule has 1 amide bonds. The van der Waals surface area contributed by atoms with Gasteiger partial charge in [-0.3, -0.25) is 9.36 Å². The van der Waals surface area contributed by atoms with Gasteiger partial charge in [-0.15, -0.1) is 10.2 Å². The number of aromatic nitrogens is 3. The molecule has 0 bridgehead atoms. The summed E-state index contributed by atoms with van der Waals surface area (Å²) >= 11 is 13.5. The van der Waals surface area contributed by atoms with Gasteiger partial charge in [0.25, 0.3) is 0 Å². The molecular formula is C19H16Cl2N4OS. The smallest absolute Gasteiger partial charge is 0.234 e. The van der Waals surface area contributed by atoms with Crippen LogP contribution in [-0.4, -0.2) is 26.4 Å². The number of hydrogen-bond acceptors (Lipinski definition) is 4. The number of halogens is 2. The van der Waals surface area contributed by atoms with E-state index in [1.807, 2.05) is 34.9 Å². The van der Waals surface area contributed by atoms with Gasteiger partial charge in [0.2, 0.25) is 5.91 Å². The molecule has 0 aliphatic heterocycles. The Morgan fingerprint density at radius 2 is 1.89 bits per heavy atom. The van der Waals surface area contributed by atoms with E-state index >= 15 is 0 Å². The Morgan fingerprint density at radius 3 is 2.63 bits per heavy atom. The van der Waals surface area contributed by atoms with E-state index < -0.39 is 0 Å². The van der Waals surface area contributed by atoms with Crippen LogP contribution in [0.5, 0.6) is 0 Å². The van der Waals surface area contributed by atoms with Gasteiger partial charge in [0.05, 0.1) is 21.5 Å². The first kappa shape index (κ1) is 18.3. The predicted octanol–water partition coefficient (Wildman–Crippen LogP) is 5.18. The fraction of sp³-hybridized carbons (Fsp3) is 0.211. The zero-order valence-electron chi connectivity index (χ0n) is 14.2. The van der Waals surface area contributed by atoms with Crippen LogP contribution in [0.25, 0.3) is 5.69 Å². The summed E-state index contributed by atoms with van der Waals surface area (Å²) in [5.74, 6) is 1.42. The summed E-state index contributed by atoms with van der Waals surface area (Å²) in [6.45, 7) is 0. The number of nitrogens with one attached hydrogen (secondary N) is 1. The van der Waals surface area contributed by atoms with Crippen LogP contribution in [-0.2, 0) is 4.79 Å². The lowest BCUT2D eigenvalue weighted by molar-refractivity contribution is -0.113. The van der Waals surface area contributed by atoms with E-state index in [0.717, 1.165) is 24.4 Å². The summed E-state index contributed by atoms with van der Waals surface area (Å²) in [7, 11) is 0. The average molecular weight is 419 g/mol. The van der Waals surface area contributed by atoms with Crippen molar-refractivity contribution in [3.8, 4) is 5.69 Å². The third-order valence-corrected chi connectivity index (χ3v) is 5.92. The first-order valence-electron chi connectivity index (χ1n) is 8.51. The number of para-hydroxylation sites is 1. The quantitative estimate of drug-likeness (QED) is 0.560. The van der Waals surface area contributed by atoms with Crippen molar-refractivity contribution in [3.63, 3.8) is 0 Å². The normalized spacial score (nSPS) is 13.6. The molecular weight excluding hydrogens is 403 g/mol. The Balaban J connectivity index is 1.50. The molecule has 1 fully saturated rings. The molecule has 2 aromatic carbocycles. The van der Waals surface area contributed by atoms with Crippen LogP contribution in [0.2, 0.25) is 10.0 Å². The largest absolute Gasteiger partial charge is 0.324 e. The van der Waals surface area contributed by atoms with Gasteiger partial charge in [-0.05, 0) is 37.1 Å². The Labute approximate surface area is 171 Å². The monoisotopic (exact) mass is 418 g/mol. The summed E-state index contributed by atoms with van der Waals surface area (Å²) < 4.78 is 2.04. The van der Waals surface area contributed by atoms with Crippen molar-refractivity contribution in [2.45, 2.75) is 23.9 Å². The molecule has 27 heavy (non-hydrogen) atoms. The Hall–Kier alpha value is -2.02. The van der Waals surface area contributed by atoms with Crippen LogP contribution >= 0.6 is 35.0 Å². The minimum absolute atomic E-state index is 0.181. The van der Waals surface area contributed by atoms with E-state index in [2.05, 4.69) is 15.5 Å². The highest BCUT2D eigenvalue weighted by molar-refractivity contribution is 7.99. The lowest BCUT2D eigenvalue weighted by Crippen LogP contribution is -2.15. The van der Waals surface area contributed by atoms with Crippen molar-refractivity contribution in [2.75, 3.05) is 11.1 Å². The molecule has 1 N–H and O–H groups in total. The Morgan fingerprint density at radius 1 is 1.11 bits per heavy atom. The van der Waals surface area contributed by atoms with E-state index in [9.17, 15) is 4.79 Å². The Kier molecular flexibility index (Phi) is 5.38. The fourth-order valence-corrected chi connectivity index (χ4v) is 3.82. The number of amides is 1. The second-order valence-corrected chi connectivity index (χ2v) is 7.95. The molecule has 8 heteroatoms. The molecule has 1 aliphatic rings. The van der Waals surface area contributed by atoms with Gasteiger partial charge < -0.3 is 5.32 Å². The molecule has 5 nitrogen and oxygen atoms in total. The van der Waals surface area contributed by atoms with Crippen LogP contribution in [0.4, 0.5) is 5.69 Å². The number of hydrogen-bond donors (Lipinski definition) is 1. The first-order valence-corrected chi connectivity index (χ1v) is 10.2. The van der Waals surface area contributed by atoms with Crippen molar-refractivity contribution < 1.29 is 4.79 Å². The maximum atomic E-state index is 12.4. The lowest BCUT2D eigenvalue weighted by atomic mass is 10.3. The third kappa shape index (κ3) is 4.13. The van der Waals surface area contributed by atoms with E-state index in [1.54, 1.807) is 18.2 Å². The molecule has 0 spiro atoms. The summed E-state index contributed by atoms with van der Waals surface area (Å²) in [5.41, 5.74) is 1.50. The van der Waals surface area contributed by atoms with Crippen molar-refractivity contribution in [3.05, 3.63) is 64.4 Å². The zero-order chi connectivity index (χ0) is 18.8. The standard InChI is InChI=1S/C19H16Cl2N4OS/c20-14-7-4-8-15(17(14)21)22-16(26)11-27-19-24-23-18(12-9-10-12)25(19)13-5-2-1-3-6-13/h1-8,12H,9-11H2,(H,22,26). The summed E-state index contributed by atoms with van der Waals surface area (Å²) in [6, 6.07) is 15.1. The third-order valence-electron chi connectivity index (χ3n) is 4.17. The average Bonchev–Trinajstić information content (AvgIpc) is 3.44. The van der Waals surface area contributed by atoms with Crippen LogP contribution in [0.3, 0.4) is 0 Å². The summed E-state index contributed by atoms with van der Waals surface area (Å²) in [6.07, 6.45) is 2.26. The lowest BCUT2D eigenvalue weighted by Gasteiger charge is -2.10. The van der Waals surface area contributed by atoms with E-state index in [0.29, 0.717) is 26.8 Å². The highest BCUT2D eigenvalue weighted by Gasteiger charge is 2.31. The predicted molar refractivity (Wildman–Crippen MR) is 109 cm³/mol. The summed E-state index contributed by atoms with van der Waals surface area (Å²) in [5, 5.41) is 12.9. The fourth-order valence-electron chi connectivity index (χ4n) is 2.72. The zero-order valence-corrected chi connectivity index (χ0v) is 16.6. The van der Waals surface area contributed by atoms with Crippen molar-refractivity contribution >= 4 is 46.6 Å². The van der Waals surface area contributed by atoms with Gasteiger partial charge in [0.1, 0.15) is 5.82 Å². The second kappa shape index (κ2) is 7.92. The number of rotatable bonds is 6. The molecule has 0 atom stereocenters. The molecule has 0 unspecified atom stereocenters. The summed E-state index contributed by atoms with van der Waals surface area (Å²) in [4.78, 5) is 12.4. The van der Waals surface area contributed by atoms with Gasteiger partial charge in [0.15, 0.2) is 5.16 Å². The van der Waals surface area contributed by atoms with Crippen LogP contribution < -0.4 is 5.32 Å². The Bertz CT molecular complexity index is 973. The van der Waals surface area contributed by atoms with Crippen LogP contribution in [0.1, 0.15) is 24.6 Å². The van der Waals surface area contributed by atoms with Gasteiger partial charge >= 0.3 is 0 Å². The molecule has 1 saturated carbocycles. The molecule has 1 aliphatic carbocycles. The number of anilines is 1. The maximum Gasteiger partial charge on any atom is 0.234 e. The number of carbonyl (C=O) groups excluding carboxylic acids is 1. The van der Waals surface area contributed by atoms with Crippen molar-refractivity contribution in [2.24, 2.45) is 0 Å². The molecule has 3 aromatic rings. The van der Waals surface area contributed by atoms with Crippen molar-refractivity contribution in [1.82, 2.24) is 14.8 Å². The topological polar surface area (TPSA) is 59.8 Å². The maximum absolute atomic E-state index is 12.4. The number of thioether (sulfide) groups is 1. The van der Waals surface area contributed by atoms with Gasteiger partial charge in [-0.2, -0.15) is 0 Å². The molecule has 138 valence electrons. The highest BCUT2D eigenvalue weighted by Crippen LogP contribution is 2.41. The number of carbonyl (C=O) groups is 1. The first-order chi connectivity index (χ1) is 13.1. The highest BCUT2D eigenvalue weighted by atomic mass is 35.5. The molecule has 4 rings (SSSR count). The SMILES string of the molecule is O=C(CSc1nnc(C2CC2)n1-c1ccccc1)Nc1cccc(Cl)c1Cl. The van der Waals surface area contributed by atoms with Crippen LogP contribution in [0.15, 0.2) is 53.7 Å². The van der Waals surface area contributed by atoms with Crippen molar-refractivity contribution in [1.29, 1.82) is 0 Å². The number of benzene rings is 2. The number of nitrogens with zero attached hydrogens (tertiary/aromatic N) is 3. The van der Waals surface area contributed by atoms with E-state index in [4.69, 9.17) is 23.2 Å². The minimum Gasteiger partial charge on any atom is -0.324 e. The minimum atomic E-state index is -0.181. The van der Waals surface area contributed by atoms with Crippen LogP contribution in [0, 0.1) is 0 Å².